The van der Waals surface area contributed by atoms with Crippen LogP contribution in [0.4, 0.5) is 0 Å². The number of carbonyl (C=O) groups excluding carboxylic acids is 2. The van der Waals surface area contributed by atoms with Crippen molar-refractivity contribution in [2.45, 2.75) is 70.1 Å². The highest BCUT2D eigenvalue weighted by Gasteiger charge is 2.58. The smallest absolute Gasteiger partial charge is 0.318 e. The second-order valence-electron chi connectivity index (χ2n) is 7.33. The molecule has 4 atom stereocenters. The molecule has 1 aliphatic heterocycles. The van der Waals surface area contributed by atoms with Gasteiger partial charge in [0.1, 0.15) is 0 Å². The zero-order chi connectivity index (χ0) is 15.9. The predicted octanol–water partition coefficient (Wildman–Crippen LogP) is 4.31. The molecule has 1 saturated carbocycles. The number of rotatable bonds is 4. The van der Waals surface area contributed by atoms with Crippen LogP contribution in [0.3, 0.4) is 0 Å². The van der Waals surface area contributed by atoms with Gasteiger partial charge in [0.15, 0.2) is 0 Å². The topological polar surface area (TPSA) is 43.4 Å². The summed E-state index contributed by atoms with van der Waals surface area (Å²) in [5.74, 6) is -0.525. The molecule has 0 aromatic carbocycles. The lowest BCUT2D eigenvalue weighted by Gasteiger charge is -2.45. The minimum atomic E-state index is -1.58. The zero-order valence-electron chi connectivity index (χ0n) is 14.1. The molecule has 22 heavy (non-hydrogen) atoms. The average Bonchev–Trinajstić information content (AvgIpc) is 2.85. The first-order valence-electron chi connectivity index (χ1n) is 9.04. The van der Waals surface area contributed by atoms with Crippen LogP contribution < -0.4 is 0 Å². The summed E-state index contributed by atoms with van der Waals surface area (Å²) in [7, 11) is -1.58. The van der Waals surface area contributed by atoms with Crippen LogP contribution in [0.2, 0.25) is 23.7 Å². The quantitative estimate of drug-likeness (QED) is 0.335. The summed E-state index contributed by atoms with van der Waals surface area (Å²) >= 11 is 0. The van der Waals surface area contributed by atoms with Crippen LogP contribution in [0, 0.1) is 17.8 Å². The Morgan fingerprint density at radius 1 is 1.05 bits per heavy atom. The van der Waals surface area contributed by atoms with Gasteiger partial charge in [-0.05, 0) is 30.7 Å². The van der Waals surface area contributed by atoms with Crippen molar-refractivity contribution in [1.82, 2.24) is 0 Å². The van der Waals surface area contributed by atoms with Crippen LogP contribution in [0.25, 0.3) is 0 Å². The molecule has 2 fully saturated rings. The van der Waals surface area contributed by atoms with Crippen LogP contribution in [0.5, 0.6) is 0 Å². The SMILES string of the molecule is CC[Si](CC)(CC)C1C=C2CCCCC2[C@@H]2C(=O)OC(=O)[C@H]12. The van der Waals surface area contributed by atoms with Gasteiger partial charge in [-0.1, -0.05) is 57.0 Å². The third kappa shape index (κ3) is 2.22. The molecule has 0 radical (unpaired) electrons. The van der Waals surface area contributed by atoms with Crippen LogP contribution in [0.15, 0.2) is 11.6 Å². The van der Waals surface area contributed by atoms with Crippen molar-refractivity contribution in [1.29, 1.82) is 0 Å². The van der Waals surface area contributed by atoms with E-state index in [1.807, 2.05) is 0 Å². The molecule has 1 saturated heterocycles. The van der Waals surface area contributed by atoms with E-state index in [4.69, 9.17) is 4.74 Å². The normalized spacial score (nSPS) is 34.8. The molecule has 0 bridgehead atoms. The van der Waals surface area contributed by atoms with Gasteiger partial charge in [-0.25, -0.2) is 0 Å². The van der Waals surface area contributed by atoms with Gasteiger partial charge in [-0.15, -0.1) is 0 Å². The lowest BCUT2D eigenvalue weighted by molar-refractivity contribution is -0.154. The largest absolute Gasteiger partial charge is 0.393 e. The summed E-state index contributed by atoms with van der Waals surface area (Å²) in [4.78, 5) is 24.8. The molecular formula is C18H28O3Si. The molecule has 3 rings (SSSR count). The van der Waals surface area contributed by atoms with Crippen molar-refractivity contribution < 1.29 is 14.3 Å². The minimum absolute atomic E-state index is 0.172. The molecule has 2 aliphatic carbocycles. The van der Waals surface area contributed by atoms with Crippen molar-refractivity contribution in [3.8, 4) is 0 Å². The zero-order valence-corrected chi connectivity index (χ0v) is 15.1. The maximum absolute atomic E-state index is 12.4. The van der Waals surface area contributed by atoms with E-state index in [1.165, 1.54) is 36.5 Å². The van der Waals surface area contributed by atoms with Gasteiger partial charge in [0.25, 0.3) is 0 Å². The predicted molar refractivity (Wildman–Crippen MR) is 89.1 cm³/mol. The van der Waals surface area contributed by atoms with Crippen molar-refractivity contribution >= 4 is 20.0 Å². The van der Waals surface area contributed by atoms with Gasteiger partial charge >= 0.3 is 11.9 Å². The minimum Gasteiger partial charge on any atom is -0.393 e. The van der Waals surface area contributed by atoms with Crippen LogP contribution in [0.1, 0.15) is 46.5 Å². The van der Waals surface area contributed by atoms with Gasteiger partial charge in [0.2, 0.25) is 0 Å². The number of hydrogen-bond acceptors (Lipinski definition) is 3. The van der Waals surface area contributed by atoms with Gasteiger partial charge < -0.3 is 4.74 Å². The summed E-state index contributed by atoms with van der Waals surface area (Å²) in [6.07, 6.45) is 7.03. The first-order chi connectivity index (χ1) is 10.6. The van der Waals surface area contributed by atoms with E-state index < -0.39 is 8.07 Å². The van der Waals surface area contributed by atoms with Crippen LogP contribution in [-0.2, 0) is 14.3 Å². The van der Waals surface area contributed by atoms with Crippen molar-refractivity contribution in [3.63, 3.8) is 0 Å². The highest BCUT2D eigenvalue weighted by atomic mass is 28.3. The lowest BCUT2D eigenvalue weighted by Crippen LogP contribution is -2.47. The number of ether oxygens (including phenoxy) is 1. The fraction of sp³-hybridized carbons (Fsp3) is 0.778. The number of esters is 2. The van der Waals surface area contributed by atoms with Gasteiger partial charge in [0, 0.05) is 0 Å². The molecule has 122 valence electrons. The summed E-state index contributed by atoms with van der Waals surface area (Å²) in [5, 5.41) is 0. The third-order valence-corrected chi connectivity index (χ3v) is 13.0. The van der Waals surface area contributed by atoms with E-state index in [1.54, 1.807) is 0 Å². The fourth-order valence-corrected chi connectivity index (χ4v) is 9.93. The number of fused-ring (bicyclic) bond motifs is 3. The Balaban J connectivity index is 2.08. The Bertz CT molecular complexity index is 498. The molecule has 3 nitrogen and oxygen atoms in total. The second kappa shape index (κ2) is 5.95. The summed E-state index contributed by atoms with van der Waals surface area (Å²) in [6.45, 7) is 6.84. The number of carbonyl (C=O) groups is 2. The maximum atomic E-state index is 12.4. The van der Waals surface area contributed by atoms with E-state index in [9.17, 15) is 9.59 Å². The summed E-state index contributed by atoms with van der Waals surface area (Å²) in [6, 6.07) is 3.55. The average molecular weight is 321 g/mol. The van der Waals surface area contributed by atoms with E-state index in [2.05, 4.69) is 26.8 Å². The molecule has 0 aromatic rings. The number of allylic oxidation sites excluding steroid dienone is 2. The highest BCUT2D eigenvalue weighted by molar-refractivity contribution is 6.81. The second-order valence-corrected chi connectivity index (χ2v) is 12.8. The fourth-order valence-electron chi connectivity index (χ4n) is 5.34. The number of cyclic esters (lactones) is 2. The Morgan fingerprint density at radius 3 is 2.32 bits per heavy atom. The molecule has 3 aliphatic rings. The first-order valence-corrected chi connectivity index (χ1v) is 11.7. The van der Waals surface area contributed by atoms with Crippen LogP contribution >= 0.6 is 0 Å². The third-order valence-electron chi connectivity index (χ3n) is 6.87. The molecule has 4 heteroatoms. The standard InChI is InChI=1S/C18H28O3Si/c1-4-22(5-2,6-3)14-11-12-9-7-8-10-13(12)15-16(14)18(20)21-17(15)19/h11,13-16H,4-10H2,1-3H3/t13?,14?,15-,16+/m0/s1. The van der Waals surface area contributed by atoms with Crippen molar-refractivity contribution in [3.05, 3.63) is 11.6 Å². The molecule has 1 heterocycles. The molecule has 0 N–H and O–H groups in total. The van der Waals surface area contributed by atoms with Crippen molar-refractivity contribution in [2.75, 3.05) is 0 Å². The van der Waals surface area contributed by atoms with Gasteiger partial charge in [-0.3, -0.25) is 9.59 Å². The maximum Gasteiger partial charge on any atom is 0.318 e. The van der Waals surface area contributed by atoms with E-state index in [0.717, 1.165) is 12.8 Å². The summed E-state index contributed by atoms with van der Waals surface area (Å²) < 4.78 is 5.13. The molecule has 2 unspecified atom stereocenters. The van der Waals surface area contributed by atoms with E-state index in [0.29, 0.717) is 5.54 Å². The Kier molecular flexibility index (Phi) is 4.32. The number of hydrogen-bond donors (Lipinski definition) is 0. The van der Waals surface area contributed by atoms with Gasteiger partial charge in [-0.2, -0.15) is 0 Å². The Labute approximate surface area is 134 Å². The molecular weight excluding hydrogens is 292 g/mol. The monoisotopic (exact) mass is 320 g/mol. The van der Waals surface area contributed by atoms with E-state index >= 15 is 0 Å². The van der Waals surface area contributed by atoms with E-state index in [-0.39, 0.29) is 29.7 Å². The van der Waals surface area contributed by atoms with Gasteiger partial charge in [0.05, 0.1) is 19.9 Å². The Hall–Kier alpha value is -0.903. The van der Waals surface area contributed by atoms with Crippen molar-refractivity contribution in [2.24, 2.45) is 17.8 Å². The Morgan fingerprint density at radius 2 is 1.68 bits per heavy atom. The summed E-state index contributed by atoms with van der Waals surface area (Å²) in [5.41, 5.74) is 1.78. The highest BCUT2D eigenvalue weighted by Crippen LogP contribution is 2.55. The molecule has 0 amide bonds. The van der Waals surface area contributed by atoms with Crippen LogP contribution in [-0.4, -0.2) is 20.0 Å². The molecule has 0 aromatic heterocycles. The first kappa shape index (κ1) is 16.0. The lowest BCUT2D eigenvalue weighted by atomic mass is 9.67. The molecule has 0 spiro atoms.